The SMILES string of the molecule is CC(C)(C)c1csc(CNC(=O)C[C@@H]2CCC[C@H]2N)n1. The number of amides is 1. The zero-order valence-corrected chi connectivity index (χ0v) is 13.4. The molecule has 5 heteroatoms. The number of carbonyl (C=O) groups excluding carboxylic acids is 1. The minimum absolute atomic E-state index is 0.0649. The summed E-state index contributed by atoms with van der Waals surface area (Å²) in [4.78, 5) is 16.5. The molecule has 1 aliphatic rings. The summed E-state index contributed by atoms with van der Waals surface area (Å²) in [6.45, 7) is 6.96. The summed E-state index contributed by atoms with van der Waals surface area (Å²) in [6, 6.07) is 0.202. The molecule has 1 amide bonds. The molecule has 20 heavy (non-hydrogen) atoms. The first kappa shape index (κ1) is 15.4. The first-order chi connectivity index (χ1) is 9.36. The van der Waals surface area contributed by atoms with Gasteiger partial charge in [0.05, 0.1) is 12.2 Å². The molecule has 1 saturated carbocycles. The van der Waals surface area contributed by atoms with Crippen molar-refractivity contribution in [2.75, 3.05) is 0 Å². The van der Waals surface area contributed by atoms with Crippen LogP contribution in [0.3, 0.4) is 0 Å². The Morgan fingerprint density at radius 1 is 1.50 bits per heavy atom. The molecule has 1 aliphatic carbocycles. The molecule has 0 spiro atoms. The molecule has 112 valence electrons. The number of thiazole rings is 1. The number of nitrogens with two attached hydrogens (primary N) is 1. The molecule has 0 aromatic carbocycles. The van der Waals surface area contributed by atoms with Crippen LogP contribution in [-0.2, 0) is 16.8 Å². The largest absolute Gasteiger partial charge is 0.350 e. The number of carbonyl (C=O) groups is 1. The summed E-state index contributed by atoms with van der Waals surface area (Å²) in [5.41, 5.74) is 7.15. The first-order valence-electron chi connectivity index (χ1n) is 7.33. The standard InChI is InChI=1S/C15H25N3OS/c1-15(2,3)12-9-20-14(18-12)8-17-13(19)7-10-5-4-6-11(10)16/h9-11H,4-8,16H2,1-3H3,(H,17,19)/t10-,11+/m0/s1. The average Bonchev–Trinajstić information content (AvgIpc) is 2.96. The molecule has 1 aromatic heterocycles. The summed E-state index contributed by atoms with van der Waals surface area (Å²) >= 11 is 1.61. The highest BCUT2D eigenvalue weighted by molar-refractivity contribution is 7.09. The molecular formula is C15H25N3OS. The van der Waals surface area contributed by atoms with E-state index in [1.807, 2.05) is 0 Å². The van der Waals surface area contributed by atoms with Gasteiger partial charge in [-0.25, -0.2) is 4.98 Å². The van der Waals surface area contributed by atoms with Crippen molar-refractivity contribution in [2.24, 2.45) is 11.7 Å². The van der Waals surface area contributed by atoms with Gasteiger partial charge in [0.25, 0.3) is 0 Å². The Balaban J connectivity index is 1.80. The van der Waals surface area contributed by atoms with Gasteiger partial charge in [-0.15, -0.1) is 11.3 Å². The van der Waals surface area contributed by atoms with Gasteiger partial charge in [0.1, 0.15) is 5.01 Å². The molecule has 0 bridgehead atoms. The van der Waals surface area contributed by atoms with E-state index in [0.29, 0.717) is 18.9 Å². The van der Waals surface area contributed by atoms with Gasteiger partial charge in [0, 0.05) is 23.3 Å². The summed E-state index contributed by atoms with van der Waals surface area (Å²) in [5, 5.41) is 6.01. The molecular weight excluding hydrogens is 270 g/mol. The van der Waals surface area contributed by atoms with E-state index in [4.69, 9.17) is 5.73 Å². The second-order valence-electron chi connectivity index (χ2n) is 6.71. The van der Waals surface area contributed by atoms with E-state index < -0.39 is 0 Å². The zero-order valence-electron chi connectivity index (χ0n) is 12.6. The molecule has 1 fully saturated rings. The fraction of sp³-hybridized carbons (Fsp3) is 0.733. The van der Waals surface area contributed by atoms with Gasteiger partial charge in [-0.05, 0) is 18.8 Å². The van der Waals surface area contributed by atoms with Crippen LogP contribution in [-0.4, -0.2) is 16.9 Å². The number of nitrogens with zero attached hydrogens (tertiary/aromatic N) is 1. The third-order valence-corrected chi connectivity index (χ3v) is 4.77. The highest BCUT2D eigenvalue weighted by atomic mass is 32.1. The van der Waals surface area contributed by atoms with E-state index in [1.165, 1.54) is 0 Å². The monoisotopic (exact) mass is 295 g/mol. The first-order valence-corrected chi connectivity index (χ1v) is 8.21. The van der Waals surface area contributed by atoms with Crippen molar-refractivity contribution in [3.63, 3.8) is 0 Å². The lowest BCUT2D eigenvalue weighted by molar-refractivity contribution is -0.122. The molecule has 0 radical (unpaired) electrons. The van der Waals surface area contributed by atoms with Crippen LogP contribution in [0.1, 0.15) is 57.2 Å². The molecule has 0 unspecified atom stereocenters. The van der Waals surface area contributed by atoms with Crippen molar-refractivity contribution in [2.45, 2.75) is 64.5 Å². The van der Waals surface area contributed by atoms with E-state index in [-0.39, 0.29) is 17.4 Å². The summed E-state index contributed by atoms with van der Waals surface area (Å²) in [7, 11) is 0. The van der Waals surface area contributed by atoms with Crippen LogP contribution < -0.4 is 11.1 Å². The number of hydrogen-bond acceptors (Lipinski definition) is 4. The van der Waals surface area contributed by atoms with Crippen LogP contribution in [0, 0.1) is 5.92 Å². The quantitative estimate of drug-likeness (QED) is 0.897. The van der Waals surface area contributed by atoms with Crippen molar-refractivity contribution >= 4 is 17.2 Å². The van der Waals surface area contributed by atoms with Crippen molar-refractivity contribution in [3.05, 3.63) is 16.1 Å². The maximum absolute atomic E-state index is 11.9. The minimum atomic E-state index is 0.0649. The fourth-order valence-corrected chi connectivity index (χ4v) is 3.50. The lowest BCUT2D eigenvalue weighted by Gasteiger charge is -2.15. The highest BCUT2D eigenvalue weighted by Crippen LogP contribution is 2.27. The Bertz CT molecular complexity index is 464. The third kappa shape index (κ3) is 4.03. The molecule has 2 rings (SSSR count). The molecule has 1 heterocycles. The Kier molecular flexibility index (Phi) is 4.81. The lowest BCUT2D eigenvalue weighted by Crippen LogP contribution is -2.31. The van der Waals surface area contributed by atoms with E-state index in [9.17, 15) is 4.79 Å². The lowest BCUT2D eigenvalue weighted by atomic mass is 9.93. The van der Waals surface area contributed by atoms with Crippen LogP contribution in [0.25, 0.3) is 0 Å². The van der Waals surface area contributed by atoms with Gasteiger partial charge in [0.15, 0.2) is 0 Å². The average molecular weight is 295 g/mol. The molecule has 0 saturated heterocycles. The Hall–Kier alpha value is -0.940. The van der Waals surface area contributed by atoms with Crippen LogP contribution >= 0.6 is 11.3 Å². The topological polar surface area (TPSA) is 68.0 Å². The van der Waals surface area contributed by atoms with Gasteiger partial charge >= 0.3 is 0 Å². The molecule has 3 N–H and O–H groups in total. The second-order valence-corrected chi connectivity index (χ2v) is 7.65. The Morgan fingerprint density at radius 3 is 2.80 bits per heavy atom. The predicted molar refractivity (Wildman–Crippen MR) is 82.6 cm³/mol. The maximum Gasteiger partial charge on any atom is 0.220 e. The van der Waals surface area contributed by atoms with Gasteiger partial charge in [0.2, 0.25) is 5.91 Å². The number of aromatic nitrogens is 1. The van der Waals surface area contributed by atoms with E-state index in [2.05, 4.69) is 36.5 Å². The van der Waals surface area contributed by atoms with Crippen molar-refractivity contribution < 1.29 is 4.79 Å². The van der Waals surface area contributed by atoms with Crippen molar-refractivity contribution in [1.29, 1.82) is 0 Å². The number of hydrogen-bond donors (Lipinski definition) is 2. The Labute approximate surface area is 125 Å². The van der Waals surface area contributed by atoms with Gasteiger partial charge in [-0.3, -0.25) is 4.79 Å². The third-order valence-electron chi connectivity index (χ3n) is 3.92. The van der Waals surface area contributed by atoms with E-state index in [0.717, 1.165) is 30.0 Å². The molecule has 1 aromatic rings. The number of rotatable bonds is 4. The smallest absolute Gasteiger partial charge is 0.220 e. The molecule has 4 nitrogen and oxygen atoms in total. The second kappa shape index (κ2) is 6.22. The van der Waals surface area contributed by atoms with Gasteiger partial charge < -0.3 is 11.1 Å². The summed E-state index contributed by atoms with van der Waals surface area (Å²) < 4.78 is 0. The summed E-state index contributed by atoms with van der Waals surface area (Å²) in [5.74, 6) is 0.455. The highest BCUT2D eigenvalue weighted by Gasteiger charge is 2.26. The summed E-state index contributed by atoms with van der Waals surface area (Å²) in [6.07, 6.45) is 3.85. The van der Waals surface area contributed by atoms with Crippen LogP contribution in [0.2, 0.25) is 0 Å². The van der Waals surface area contributed by atoms with Gasteiger partial charge in [-0.1, -0.05) is 27.2 Å². The number of nitrogens with one attached hydrogen (secondary N) is 1. The maximum atomic E-state index is 11.9. The predicted octanol–water partition coefficient (Wildman–Crippen LogP) is 2.57. The fourth-order valence-electron chi connectivity index (χ4n) is 2.54. The molecule has 2 atom stereocenters. The minimum Gasteiger partial charge on any atom is -0.350 e. The normalized spacial score (nSPS) is 23.0. The Morgan fingerprint density at radius 2 is 2.25 bits per heavy atom. The van der Waals surface area contributed by atoms with Crippen molar-refractivity contribution in [3.8, 4) is 0 Å². The zero-order chi connectivity index (χ0) is 14.8. The van der Waals surface area contributed by atoms with Crippen molar-refractivity contribution in [1.82, 2.24) is 10.3 Å². The van der Waals surface area contributed by atoms with Gasteiger partial charge in [-0.2, -0.15) is 0 Å². The van der Waals surface area contributed by atoms with Crippen LogP contribution in [0.5, 0.6) is 0 Å². The van der Waals surface area contributed by atoms with E-state index in [1.54, 1.807) is 11.3 Å². The van der Waals surface area contributed by atoms with Crippen LogP contribution in [0.4, 0.5) is 0 Å². The molecule has 0 aliphatic heterocycles. The van der Waals surface area contributed by atoms with Crippen LogP contribution in [0.15, 0.2) is 5.38 Å². The van der Waals surface area contributed by atoms with E-state index >= 15 is 0 Å².